The lowest BCUT2D eigenvalue weighted by Crippen LogP contribution is -2.08. The smallest absolute Gasteiger partial charge is 0.0362 e. The molecule has 0 spiro atoms. The third-order valence-corrected chi connectivity index (χ3v) is 3.91. The van der Waals surface area contributed by atoms with Gasteiger partial charge in [0.2, 0.25) is 0 Å². The van der Waals surface area contributed by atoms with E-state index in [1.165, 1.54) is 16.3 Å². The molecule has 0 radical (unpaired) electrons. The number of alkyl halides is 1. The van der Waals surface area contributed by atoms with Crippen LogP contribution in [0.15, 0.2) is 36.7 Å². The van der Waals surface area contributed by atoms with Crippen LogP contribution in [0.3, 0.4) is 0 Å². The number of hydrogen-bond acceptors (Lipinski definition) is 1. The van der Waals surface area contributed by atoms with Gasteiger partial charge in [0, 0.05) is 23.2 Å². The zero-order valence-electron chi connectivity index (χ0n) is 10.4. The number of aryl methyl sites for hydroxylation is 1. The molecule has 0 aliphatic heterocycles. The van der Waals surface area contributed by atoms with Crippen LogP contribution < -0.4 is 0 Å². The normalized spacial score (nSPS) is 13.2. The molecule has 1 heterocycles. The number of hydrogen-bond donors (Lipinski definition) is 0. The van der Waals surface area contributed by atoms with E-state index in [0.29, 0.717) is 5.92 Å². The molecule has 0 saturated heterocycles. The Bertz CT molecular complexity index is 488. The summed E-state index contributed by atoms with van der Waals surface area (Å²) >= 11 is 6.30. The van der Waals surface area contributed by atoms with Crippen molar-refractivity contribution >= 4 is 22.4 Å². The topological polar surface area (TPSA) is 12.9 Å². The predicted molar refractivity (Wildman–Crippen MR) is 74.5 cm³/mol. The minimum absolute atomic E-state index is 0.252. The number of benzene rings is 1. The summed E-state index contributed by atoms with van der Waals surface area (Å²) in [4.78, 5) is 4.20. The van der Waals surface area contributed by atoms with E-state index in [9.17, 15) is 0 Å². The average molecular weight is 248 g/mol. The van der Waals surface area contributed by atoms with Crippen molar-refractivity contribution in [2.24, 2.45) is 5.92 Å². The van der Waals surface area contributed by atoms with Crippen molar-refractivity contribution in [1.82, 2.24) is 4.98 Å². The first-order chi connectivity index (χ1) is 8.18. The minimum Gasteiger partial charge on any atom is -0.264 e. The molecule has 0 N–H and O–H groups in total. The zero-order chi connectivity index (χ0) is 12.3. The second-order valence-electron chi connectivity index (χ2n) is 4.81. The minimum atomic E-state index is 0.252. The molecule has 0 aliphatic carbocycles. The summed E-state index contributed by atoms with van der Waals surface area (Å²) in [6.07, 6.45) is 5.83. The first-order valence-corrected chi connectivity index (χ1v) is 6.58. The number of nitrogens with zero attached hydrogens (tertiary/aromatic N) is 1. The fourth-order valence-corrected chi connectivity index (χ4v) is 2.13. The van der Waals surface area contributed by atoms with Crippen LogP contribution in [0, 0.1) is 5.92 Å². The van der Waals surface area contributed by atoms with Gasteiger partial charge in [0.05, 0.1) is 0 Å². The van der Waals surface area contributed by atoms with Crippen molar-refractivity contribution in [1.29, 1.82) is 0 Å². The Morgan fingerprint density at radius 2 is 2.06 bits per heavy atom. The fourth-order valence-electron chi connectivity index (χ4n) is 2.02. The molecular weight excluding hydrogens is 230 g/mol. The van der Waals surface area contributed by atoms with Crippen LogP contribution in [0.4, 0.5) is 0 Å². The van der Waals surface area contributed by atoms with Gasteiger partial charge in [-0.25, -0.2) is 0 Å². The van der Waals surface area contributed by atoms with E-state index in [-0.39, 0.29) is 5.38 Å². The Morgan fingerprint density at radius 3 is 2.82 bits per heavy atom. The molecule has 17 heavy (non-hydrogen) atoms. The van der Waals surface area contributed by atoms with Crippen LogP contribution in [-0.2, 0) is 6.42 Å². The standard InChI is InChI=1S/C15H18ClN/c1-11(2)15(16)7-6-12-4-3-5-13-8-9-17-10-14(12)13/h3-5,8-11,15H,6-7H2,1-2H3. The van der Waals surface area contributed by atoms with Crippen molar-refractivity contribution in [3.8, 4) is 0 Å². The Morgan fingerprint density at radius 1 is 1.24 bits per heavy atom. The highest BCUT2D eigenvalue weighted by molar-refractivity contribution is 6.20. The molecule has 1 unspecified atom stereocenters. The number of halogens is 1. The highest BCUT2D eigenvalue weighted by Gasteiger charge is 2.10. The van der Waals surface area contributed by atoms with E-state index in [1.807, 2.05) is 12.4 Å². The molecule has 1 aromatic carbocycles. The van der Waals surface area contributed by atoms with Gasteiger partial charge in [0.25, 0.3) is 0 Å². The van der Waals surface area contributed by atoms with Gasteiger partial charge >= 0.3 is 0 Å². The number of fused-ring (bicyclic) bond motifs is 1. The third-order valence-electron chi connectivity index (χ3n) is 3.19. The molecule has 1 atom stereocenters. The van der Waals surface area contributed by atoms with E-state index in [4.69, 9.17) is 11.6 Å². The van der Waals surface area contributed by atoms with E-state index < -0.39 is 0 Å². The molecule has 1 aromatic heterocycles. The summed E-state index contributed by atoms with van der Waals surface area (Å²) in [6, 6.07) is 8.46. The second kappa shape index (κ2) is 5.50. The van der Waals surface area contributed by atoms with Crippen molar-refractivity contribution in [3.05, 3.63) is 42.2 Å². The highest BCUT2D eigenvalue weighted by Crippen LogP contribution is 2.22. The quantitative estimate of drug-likeness (QED) is 0.729. The molecule has 2 rings (SSSR count). The fraction of sp³-hybridized carbons (Fsp3) is 0.400. The van der Waals surface area contributed by atoms with Crippen LogP contribution in [0.2, 0.25) is 0 Å². The largest absolute Gasteiger partial charge is 0.264 e. The predicted octanol–water partition coefficient (Wildman–Crippen LogP) is 4.43. The molecule has 2 heteroatoms. The molecular formula is C15H18ClN. The first kappa shape index (κ1) is 12.4. The van der Waals surface area contributed by atoms with Crippen LogP contribution in [0.5, 0.6) is 0 Å². The summed E-state index contributed by atoms with van der Waals surface area (Å²) in [5.41, 5.74) is 1.35. The van der Waals surface area contributed by atoms with Gasteiger partial charge in [-0.2, -0.15) is 0 Å². The molecule has 0 aliphatic rings. The monoisotopic (exact) mass is 247 g/mol. The number of aromatic nitrogens is 1. The van der Waals surface area contributed by atoms with E-state index in [2.05, 4.69) is 43.1 Å². The zero-order valence-corrected chi connectivity index (χ0v) is 11.1. The van der Waals surface area contributed by atoms with E-state index in [0.717, 1.165) is 12.8 Å². The average Bonchev–Trinajstić information content (AvgIpc) is 2.35. The van der Waals surface area contributed by atoms with Gasteiger partial charge < -0.3 is 0 Å². The summed E-state index contributed by atoms with van der Waals surface area (Å²) in [7, 11) is 0. The summed E-state index contributed by atoms with van der Waals surface area (Å²) in [6.45, 7) is 4.34. The molecule has 0 fully saturated rings. The van der Waals surface area contributed by atoms with Gasteiger partial charge in [0.1, 0.15) is 0 Å². The first-order valence-electron chi connectivity index (χ1n) is 6.14. The van der Waals surface area contributed by atoms with Crippen LogP contribution in [0.1, 0.15) is 25.8 Å². The lowest BCUT2D eigenvalue weighted by atomic mass is 9.98. The number of pyridine rings is 1. The second-order valence-corrected chi connectivity index (χ2v) is 5.37. The Labute approximate surface area is 108 Å². The van der Waals surface area contributed by atoms with Crippen LogP contribution in [0.25, 0.3) is 10.8 Å². The molecule has 2 aromatic rings. The Hall–Kier alpha value is -1.08. The highest BCUT2D eigenvalue weighted by atomic mass is 35.5. The summed E-state index contributed by atoms with van der Waals surface area (Å²) in [5.74, 6) is 0.532. The molecule has 0 amide bonds. The van der Waals surface area contributed by atoms with Crippen LogP contribution >= 0.6 is 11.6 Å². The van der Waals surface area contributed by atoms with Gasteiger partial charge in [-0.15, -0.1) is 11.6 Å². The molecule has 90 valence electrons. The molecule has 0 bridgehead atoms. The van der Waals surface area contributed by atoms with Gasteiger partial charge in [0.15, 0.2) is 0 Å². The maximum Gasteiger partial charge on any atom is 0.0362 e. The van der Waals surface area contributed by atoms with Gasteiger partial charge in [-0.1, -0.05) is 32.0 Å². The summed E-state index contributed by atoms with van der Waals surface area (Å²) in [5, 5.41) is 2.76. The summed E-state index contributed by atoms with van der Waals surface area (Å²) < 4.78 is 0. The van der Waals surface area contributed by atoms with Gasteiger partial charge in [-0.3, -0.25) is 4.98 Å². The van der Waals surface area contributed by atoms with Crippen molar-refractivity contribution in [3.63, 3.8) is 0 Å². The van der Waals surface area contributed by atoms with Crippen molar-refractivity contribution in [2.75, 3.05) is 0 Å². The lowest BCUT2D eigenvalue weighted by molar-refractivity contribution is 0.566. The van der Waals surface area contributed by atoms with Gasteiger partial charge in [-0.05, 0) is 35.8 Å². The Balaban J connectivity index is 2.19. The maximum absolute atomic E-state index is 6.30. The lowest BCUT2D eigenvalue weighted by Gasteiger charge is -2.13. The van der Waals surface area contributed by atoms with Crippen molar-refractivity contribution < 1.29 is 0 Å². The molecule has 0 saturated carbocycles. The third kappa shape index (κ3) is 2.98. The van der Waals surface area contributed by atoms with E-state index >= 15 is 0 Å². The van der Waals surface area contributed by atoms with Crippen LogP contribution in [-0.4, -0.2) is 10.4 Å². The Kier molecular flexibility index (Phi) is 4.01. The molecule has 1 nitrogen and oxygen atoms in total. The SMILES string of the molecule is CC(C)C(Cl)CCc1cccc2ccncc12. The van der Waals surface area contributed by atoms with Crippen molar-refractivity contribution in [2.45, 2.75) is 32.1 Å². The number of rotatable bonds is 4. The van der Waals surface area contributed by atoms with E-state index in [1.54, 1.807) is 0 Å². The maximum atomic E-state index is 6.30.